The molecule has 96 valence electrons. The minimum Gasteiger partial charge on any atom is -0.360 e. The summed E-state index contributed by atoms with van der Waals surface area (Å²) >= 11 is 0. The van der Waals surface area contributed by atoms with E-state index in [1.807, 2.05) is 6.92 Å². The number of hydrogen-bond donors (Lipinski definition) is 1. The zero-order valence-corrected chi connectivity index (χ0v) is 11.0. The third-order valence-electron chi connectivity index (χ3n) is 3.53. The Kier molecular flexibility index (Phi) is 4.07. The van der Waals surface area contributed by atoms with Gasteiger partial charge in [-0.25, -0.2) is 0 Å². The molecule has 2 fully saturated rings. The molecule has 1 saturated heterocycles. The van der Waals surface area contributed by atoms with Crippen LogP contribution in [-0.2, 0) is 6.54 Å². The van der Waals surface area contributed by atoms with E-state index in [-0.39, 0.29) is 12.4 Å². The maximum Gasteiger partial charge on any atom is 0.150 e. The Morgan fingerprint density at radius 3 is 2.76 bits per heavy atom. The molecule has 4 nitrogen and oxygen atoms in total. The molecule has 1 aliphatic heterocycles. The van der Waals surface area contributed by atoms with E-state index in [1.54, 1.807) is 0 Å². The summed E-state index contributed by atoms with van der Waals surface area (Å²) in [7, 11) is 0. The first-order valence-corrected chi connectivity index (χ1v) is 6.21. The second-order valence-corrected chi connectivity index (χ2v) is 4.98. The Labute approximate surface area is 108 Å². The molecular weight excluding hydrogens is 238 g/mol. The van der Waals surface area contributed by atoms with Crippen LogP contribution >= 0.6 is 12.4 Å². The molecular formula is C12H20ClN3O. The molecule has 2 aliphatic rings. The number of nitrogens with one attached hydrogen (secondary N) is 1. The smallest absolute Gasteiger partial charge is 0.150 e. The highest BCUT2D eigenvalue weighted by Gasteiger charge is 2.35. The number of rotatable bonds is 4. The van der Waals surface area contributed by atoms with Crippen LogP contribution in [-0.4, -0.2) is 35.2 Å². The molecule has 0 amide bonds. The van der Waals surface area contributed by atoms with Crippen LogP contribution in [0.25, 0.3) is 0 Å². The molecule has 0 bridgehead atoms. The molecule has 5 heteroatoms. The van der Waals surface area contributed by atoms with Crippen molar-refractivity contribution in [2.45, 2.75) is 44.8 Å². The largest absolute Gasteiger partial charge is 0.360 e. The third-order valence-corrected chi connectivity index (χ3v) is 3.53. The fourth-order valence-corrected chi connectivity index (χ4v) is 2.56. The van der Waals surface area contributed by atoms with Gasteiger partial charge in [0.25, 0.3) is 0 Å². The number of nitrogens with zero attached hydrogens (tertiary/aromatic N) is 2. The summed E-state index contributed by atoms with van der Waals surface area (Å²) in [5.74, 6) is 1.01. The number of aromatic nitrogens is 1. The van der Waals surface area contributed by atoms with E-state index >= 15 is 0 Å². The van der Waals surface area contributed by atoms with E-state index in [9.17, 15) is 0 Å². The SMILES string of the molecule is Cc1cc(CN(C2CC2)C2CCNC2)on1.Cl. The highest BCUT2D eigenvalue weighted by atomic mass is 35.5. The van der Waals surface area contributed by atoms with Gasteiger partial charge in [-0.1, -0.05) is 5.16 Å². The average molecular weight is 258 g/mol. The molecule has 0 radical (unpaired) electrons. The normalized spacial score (nSPS) is 24.0. The topological polar surface area (TPSA) is 41.3 Å². The van der Waals surface area contributed by atoms with Gasteiger partial charge in [0.15, 0.2) is 5.76 Å². The maximum absolute atomic E-state index is 5.32. The molecule has 1 aliphatic carbocycles. The summed E-state index contributed by atoms with van der Waals surface area (Å²) in [6.45, 7) is 5.19. The predicted octanol–water partition coefficient (Wildman–Crippen LogP) is 1.73. The van der Waals surface area contributed by atoms with Crippen molar-refractivity contribution in [2.75, 3.05) is 13.1 Å². The van der Waals surface area contributed by atoms with Crippen molar-refractivity contribution >= 4 is 12.4 Å². The number of hydrogen-bond acceptors (Lipinski definition) is 4. The molecule has 1 unspecified atom stereocenters. The summed E-state index contributed by atoms with van der Waals surface area (Å²) < 4.78 is 5.32. The van der Waals surface area contributed by atoms with Gasteiger partial charge in [-0.05, 0) is 32.7 Å². The fourth-order valence-electron chi connectivity index (χ4n) is 2.56. The lowest BCUT2D eigenvalue weighted by Gasteiger charge is -2.26. The van der Waals surface area contributed by atoms with Gasteiger partial charge in [0.1, 0.15) is 0 Å². The lowest BCUT2D eigenvalue weighted by molar-refractivity contribution is 0.168. The van der Waals surface area contributed by atoms with Crippen LogP contribution < -0.4 is 5.32 Å². The Bertz CT molecular complexity index is 358. The summed E-state index contributed by atoms with van der Waals surface area (Å²) in [5.41, 5.74) is 0.982. The summed E-state index contributed by atoms with van der Waals surface area (Å²) in [5, 5.41) is 7.40. The van der Waals surface area contributed by atoms with Crippen LogP contribution in [0, 0.1) is 6.92 Å². The zero-order valence-electron chi connectivity index (χ0n) is 10.2. The Morgan fingerprint density at radius 2 is 2.24 bits per heavy atom. The minimum absolute atomic E-state index is 0. The second-order valence-electron chi connectivity index (χ2n) is 4.98. The van der Waals surface area contributed by atoms with Crippen LogP contribution in [0.4, 0.5) is 0 Å². The quantitative estimate of drug-likeness (QED) is 0.892. The lowest BCUT2D eigenvalue weighted by atomic mass is 10.2. The van der Waals surface area contributed by atoms with Gasteiger partial charge in [-0.2, -0.15) is 0 Å². The zero-order chi connectivity index (χ0) is 11.0. The Morgan fingerprint density at radius 1 is 1.41 bits per heavy atom. The van der Waals surface area contributed by atoms with Gasteiger partial charge in [0.05, 0.1) is 12.2 Å². The van der Waals surface area contributed by atoms with Crippen LogP contribution in [0.2, 0.25) is 0 Å². The molecule has 2 heterocycles. The standard InChI is InChI=1S/C12H19N3O.ClH/c1-9-6-12(16-14-9)8-15(10-2-3-10)11-4-5-13-7-11;/h6,10-11,13H,2-5,7-8H2,1H3;1H. The van der Waals surface area contributed by atoms with Crippen molar-refractivity contribution in [1.29, 1.82) is 0 Å². The van der Waals surface area contributed by atoms with Crippen LogP contribution in [0.1, 0.15) is 30.7 Å². The van der Waals surface area contributed by atoms with Gasteiger partial charge in [0, 0.05) is 24.7 Å². The Balaban J connectivity index is 0.00000108. The highest BCUT2D eigenvalue weighted by Crippen LogP contribution is 2.31. The average Bonchev–Trinajstić information content (AvgIpc) is 2.80. The first-order valence-electron chi connectivity index (χ1n) is 6.21. The van der Waals surface area contributed by atoms with E-state index in [0.29, 0.717) is 6.04 Å². The van der Waals surface area contributed by atoms with Crippen LogP contribution in [0.15, 0.2) is 10.6 Å². The molecule has 1 saturated carbocycles. The molecule has 0 spiro atoms. The van der Waals surface area contributed by atoms with Gasteiger partial charge in [0.2, 0.25) is 0 Å². The fraction of sp³-hybridized carbons (Fsp3) is 0.750. The number of halogens is 1. The summed E-state index contributed by atoms with van der Waals surface area (Å²) in [6.07, 6.45) is 3.97. The van der Waals surface area contributed by atoms with Crippen molar-refractivity contribution in [2.24, 2.45) is 0 Å². The first kappa shape index (κ1) is 12.9. The molecule has 1 aromatic heterocycles. The Hall–Kier alpha value is -0.580. The monoisotopic (exact) mass is 257 g/mol. The van der Waals surface area contributed by atoms with Crippen molar-refractivity contribution in [3.05, 3.63) is 17.5 Å². The van der Waals surface area contributed by atoms with Crippen molar-refractivity contribution in [3.63, 3.8) is 0 Å². The third kappa shape index (κ3) is 3.00. The van der Waals surface area contributed by atoms with Crippen molar-refractivity contribution in [1.82, 2.24) is 15.4 Å². The van der Waals surface area contributed by atoms with E-state index in [0.717, 1.165) is 37.1 Å². The number of aryl methyl sites for hydroxylation is 1. The van der Waals surface area contributed by atoms with Gasteiger partial charge >= 0.3 is 0 Å². The van der Waals surface area contributed by atoms with E-state index in [1.165, 1.54) is 19.3 Å². The van der Waals surface area contributed by atoms with E-state index in [4.69, 9.17) is 4.52 Å². The van der Waals surface area contributed by atoms with Gasteiger partial charge < -0.3 is 9.84 Å². The molecule has 0 aromatic carbocycles. The molecule has 17 heavy (non-hydrogen) atoms. The van der Waals surface area contributed by atoms with E-state index in [2.05, 4.69) is 21.4 Å². The lowest BCUT2D eigenvalue weighted by Crippen LogP contribution is -2.37. The summed E-state index contributed by atoms with van der Waals surface area (Å²) in [6, 6.07) is 3.53. The first-order chi connectivity index (χ1) is 7.83. The molecule has 3 rings (SSSR count). The summed E-state index contributed by atoms with van der Waals surface area (Å²) in [4.78, 5) is 2.60. The second kappa shape index (κ2) is 5.38. The molecule has 1 atom stereocenters. The molecule has 1 N–H and O–H groups in total. The van der Waals surface area contributed by atoms with Crippen molar-refractivity contribution < 1.29 is 4.52 Å². The van der Waals surface area contributed by atoms with Crippen molar-refractivity contribution in [3.8, 4) is 0 Å². The maximum atomic E-state index is 5.32. The van der Waals surface area contributed by atoms with Crippen LogP contribution in [0.5, 0.6) is 0 Å². The van der Waals surface area contributed by atoms with Crippen LogP contribution in [0.3, 0.4) is 0 Å². The van der Waals surface area contributed by atoms with Gasteiger partial charge in [-0.15, -0.1) is 12.4 Å². The molecule has 1 aromatic rings. The van der Waals surface area contributed by atoms with Gasteiger partial charge in [-0.3, -0.25) is 4.90 Å². The predicted molar refractivity (Wildman–Crippen MR) is 68.3 cm³/mol. The highest BCUT2D eigenvalue weighted by molar-refractivity contribution is 5.85. The van der Waals surface area contributed by atoms with E-state index < -0.39 is 0 Å². The minimum atomic E-state index is 0.